The van der Waals surface area contributed by atoms with Crippen LogP contribution in [0, 0.1) is 12.8 Å². The molecular weight excluding hydrogens is 236 g/mol. The Morgan fingerprint density at radius 2 is 2.05 bits per heavy atom. The summed E-state index contributed by atoms with van der Waals surface area (Å²) >= 11 is 0. The minimum atomic E-state index is 0.154. The Balaban J connectivity index is 2.45. The molecule has 0 fully saturated rings. The number of hydrogen-bond acceptors (Lipinski definition) is 2. The maximum absolute atomic E-state index is 12.1. The highest BCUT2D eigenvalue weighted by Gasteiger charge is 2.13. The van der Waals surface area contributed by atoms with Gasteiger partial charge in [0.15, 0.2) is 0 Å². The third kappa shape index (κ3) is 5.43. The number of aryl methyl sites for hydroxylation is 1. The first kappa shape index (κ1) is 15.7. The van der Waals surface area contributed by atoms with Crippen molar-refractivity contribution in [1.82, 2.24) is 4.90 Å². The van der Waals surface area contributed by atoms with Crippen molar-refractivity contribution in [1.29, 1.82) is 0 Å². The van der Waals surface area contributed by atoms with E-state index in [2.05, 4.69) is 19.9 Å². The van der Waals surface area contributed by atoms with Crippen LogP contribution < -0.4 is 5.73 Å². The lowest BCUT2D eigenvalue weighted by Gasteiger charge is -2.21. The highest BCUT2D eigenvalue weighted by Crippen LogP contribution is 2.08. The van der Waals surface area contributed by atoms with E-state index in [1.165, 1.54) is 5.56 Å². The molecule has 1 amide bonds. The molecule has 1 aromatic rings. The van der Waals surface area contributed by atoms with Crippen LogP contribution in [0.4, 0.5) is 0 Å². The van der Waals surface area contributed by atoms with Gasteiger partial charge in [0.25, 0.3) is 0 Å². The van der Waals surface area contributed by atoms with Gasteiger partial charge in [-0.05, 0) is 24.8 Å². The summed E-state index contributed by atoms with van der Waals surface area (Å²) in [4.78, 5) is 13.9. The summed E-state index contributed by atoms with van der Waals surface area (Å²) in [6, 6.07) is 8.25. The predicted molar refractivity (Wildman–Crippen MR) is 80.0 cm³/mol. The van der Waals surface area contributed by atoms with Gasteiger partial charge < -0.3 is 10.6 Å². The molecule has 0 bridgehead atoms. The van der Waals surface area contributed by atoms with E-state index in [4.69, 9.17) is 5.73 Å². The first-order chi connectivity index (χ1) is 8.90. The summed E-state index contributed by atoms with van der Waals surface area (Å²) in [5.41, 5.74) is 8.26. The lowest BCUT2D eigenvalue weighted by molar-refractivity contribution is -0.129. The zero-order valence-electron chi connectivity index (χ0n) is 12.5. The van der Waals surface area contributed by atoms with Crippen LogP contribution in [-0.4, -0.2) is 30.4 Å². The first-order valence-corrected chi connectivity index (χ1v) is 6.95. The van der Waals surface area contributed by atoms with Gasteiger partial charge in [0.05, 0.1) is 6.42 Å². The van der Waals surface area contributed by atoms with Gasteiger partial charge in [-0.3, -0.25) is 4.79 Å². The van der Waals surface area contributed by atoms with Gasteiger partial charge in [-0.2, -0.15) is 0 Å². The number of nitrogens with zero attached hydrogens (tertiary/aromatic N) is 1. The van der Waals surface area contributed by atoms with Crippen LogP contribution in [0.25, 0.3) is 0 Å². The Labute approximate surface area is 116 Å². The van der Waals surface area contributed by atoms with Crippen molar-refractivity contribution in [3.05, 3.63) is 35.4 Å². The van der Waals surface area contributed by atoms with Gasteiger partial charge >= 0.3 is 0 Å². The van der Waals surface area contributed by atoms with E-state index in [-0.39, 0.29) is 11.9 Å². The predicted octanol–water partition coefficient (Wildman–Crippen LogP) is 2.37. The van der Waals surface area contributed by atoms with Gasteiger partial charge in [0.1, 0.15) is 0 Å². The largest absolute Gasteiger partial charge is 0.345 e. The molecule has 0 unspecified atom stereocenters. The number of hydrogen-bond donors (Lipinski definition) is 1. The molecule has 3 heteroatoms. The molecule has 0 aromatic heterocycles. The molecular formula is C16H26N2O. The molecule has 0 radical (unpaired) electrons. The molecule has 0 aliphatic heterocycles. The minimum absolute atomic E-state index is 0.154. The Morgan fingerprint density at radius 1 is 1.37 bits per heavy atom. The SMILES string of the molecule is Cc1cccc(CC(=O)N(C)CC[C@@H](N)C(C)C)c1. The molecule has 106 valence electrons. The first-order valence-electron chi connectivity index (χ1n) is 6.95. The zero-order valence-corrected chi connectivity index (χ0v) is 12.5. The minimum Gasteiger partial charge on any atom is -0.345 e. The molecule has 0 saturated carbocycles. The fourth-order valence-corrected chi connectivity index (χ4v) is 1.93. The van der Waals surface area contributed by atoms with E-state index >= 15 is 0 Å². The lowest BCUT2D eigenvalue weighted by atomic mass is 10.0. The maximum Gasteiger partial charge on any atom is 0.226 e. The number of carbonyl (C=O) groups excluding carboxylic acids is 1. The topological polar surface area (TPSA) is 46.3 Å². The number of likely N-dealkylation sites (N-methyl/N-ethyl adjacent to an activating group) is 1. The third-order valence-corrected chi connectivity index (χ3v) is 3.52. The number of nitrogens with two attached hydrogens (primary N) is 1. The monoisotopic (exact) mass is 262 g/mol. The normalized spacial score (nSPS) is 12.5. The van der Waals surface area contributed by atoms with Crippen LogP contribution in [-0.2, 0) is 11.2 Å². The van der Waals surface area contributed by atoms with Crippen molar-refractivity contribution in [3.8, 4) is 0 Å². The van der Waals surface area contributed by atoms with Crippen LogP contribution in [0.15, 0.2) is 24.3 Å². The Bertz CT molecular complexity index is 415. The van der Waals surface area contributed by atoms with E-state index < -0.39 is 0 Å². The maximum atomic E-state index is 12.1. The van der Waals surface area contributed by atoms with Gasteiger partial charge in [0, 0.05) is 19.6 Å². The Kier molecular flexibility index (Phi) is 6.03. The molecule has 0 saturated heterocycles. The van der Waals surface area contributed by atoms with Crippen molar-refractivity contribution >= 4 is 5.91 Å². The van der Waals surface area contributed by atoms with Crippen molar-refractivity contribution in [2.45, 2.75) is 39.7 Å². The Morgan fingerprint density at radius 3 is 2.63 bits per heavy atom. The third-order valence-electron chi connectivity index (χ3n) is 3.52. The molecule has 0 spiro atoms. The molecule has 3 nitrogen and oxygen atoms in total. The molecule has 0 aliphatic carbocycles. The van der Waals surface area contributed by atoms with Crippen LogP contribution in [0.5, 0.6) is 0 Å². The average Bonchev–Trinajstić information content (AvgIpc) is 2.35. The van der Waals surface area contributed by atoms with Crippen molar-refractivity contribution in [2.24, 2.45) is 11.7 Å². The number of amides is 1. The summed E-state index contributed by atoms with van der Waals surface area (Å²) < 4.78 is 0. The van der Waals surface area contributed by atoms with Gasteiger partial charge in [-0.1, -0.05) is 43.7 Å². The van der Waals surface area contributed by atoms with Gasteiger partial charge in [0.2, 0.25) is 5.91 Å². The van der Waals surface area contributed by atoms with E-state index in [1.807, 2.05) is 32.2 Å². The van der Waals surface area contributed by atoms with Crippen LogP contribution in [0.1, 0.15) is 31.4 Å². The van der Waals surface area contributed by atoms with Crippen LogP contribution in [0.3, 0.4) is 0 Å². The van der Waals surface area contributed by atoms with Crippen molar-refractivity contribution in [3.63, 3.8) is 0 Å². The second kappa shape index (κ2) is 7.29. The second-order valence-corrected chi connectivity index (χ2v) is 5.68. The number of benzene rings is 1. The summed E-state index contributed by atoms with van der Waals surface area (Å²) in [5, 5.41) is 0. The molecule has 2 N–H and O–H groups in total. The summed E-state index contributed by atoms with van der Waals surface area (Å²) in [6.45, 7) is 6.99. The lowest BCUT2D eigenvalue weighted by Crippen LogP contribution is -2.35. The van der Waals surface area contributed by atoms with Gasteiger partial charge in [-0.15, -0.1) is 0 Å². The molecule has 0 aliphatic rings. The molecule has 1 aromatic carbocycles. The standard InChI is InChI=1S/C16H26N2O/c1-12(2)15(17)8-9-18(4)16(19)11-14-7-5-6-13(3)10-14/h5-7,10,12,15H,8-9,11,17H2,1-4H3/t15-/m1/s1. The van der Waals surface area contributed by atoms with E-state index in [0.29, 0.717) is 12.3 Å². The van der Waals surface area contributed by atoms with Crippen LogP contribution >= 0.6 is 0 Å². The molecule has 1 rings (SSSR count). The number of rotatable bonds is 6. The fraction of sp³-hybridized carbons (Fsp3) is 0.562. The number of carbonyl (C=O) groups is 1. The average molecular weight is 262 g/mol. The molecule has 0 heterocycles. The van der Waals surface area contributed by atoms with Crippen LogP contribution in [0.2, 0.25) is 0 Å². The van der Waals surface area contributed by atoms with Crippen molar-refractivity contribution in [2.75, 3.05) is 13.6 Å². The van der Waals surface area contributed by atoms with E-state index in [9.17, 15) is 4.79 Å². The van der Waals surface area contributed by atoms with E-state index in [1.54, 1.807) is 4.90 Å². The quantitative estimate of drug-likeness (QED) is 0.855. The zero-order chi connectivity index (χ0) is 14.4. The second-order valence-electron chi connectivity index (χ2n) is 5.68. The van der Waals surface area contributed by atoms with Crippen molar-refractivity contribution < 1.29 is 4.79 Å². The Hall–Kier alpha value is -1.35. The highest BCUT2D eigenvalue weighted by atomic mass is 16.2. The molecule has 1 atom stereocenters. The molecule has 19 heavy (non-hydrogen) atoms. The van der Waals surface area contributed by atoms with E-state index in [0.717, 1.165) is 18.5 Å². The highest BCUT2D eigenvalue weighted by molar-refractivity contribution is 5.78. The smallest absolute Gasteiger partial charge is 0.226 e. The summed E-state index contributed by atoms with van der Waals surface area (Å²) in [7, 11) is 1.85. The van der Waals surface area contributed by atoms with Gasteiger partial charge in [-0.25, -0.2) is 0 Å². The fourth-order valence-electron chi connectivity index (χ4n) is 1.93. The summed E-state index contributed by atoms with van der Waals surface area (Å²) in [5.74, 6) is 0.613. The summed E-state index contributed by atoms with van der Waals surface area (Å²) in [6.07, 6.45) is 1.32.